The van der Waals surface area contributed by atoms with E-state index in [2.05, 4.69) is 91.6 Å². The van der Waals surface area contributed by atoms with E-state index in [-0.39, 0.29) is 19.8 Å². The Hall–Kier alpha value is -1.82. The van der Waals surface area contributed by atoms with E-state index >= 15 is 0 Å². The largest absolute Gasteiger partial charge is 1.00 e. The molecule has 3 aromatic rings. The van der Waals surface area contributed by atoms with Gasteiger partial charge in [0.05, 0.1) is 13.3 Å². The quantitative estimate of drug-likeness (QED) is 0.619. The van der Waals surface area contributed by atoms with Crippen molar-refractivity contribution < 1.29 is 17.1 Å². The molecule has 132 valence electrons. The first-order chi connectivity index (χ1) is 11.3. The van der Waals surface area contributed by atoms with Crippen LogP contribution in [0.3, 0.4) is 0 Å². The minimum atomic E-state index is -1.72. The zero-order chi connectivity index (χ0) is 16.1. The normalized spacial score (nSPS) is 10.3. The van der Waals surface area contributed by atoms with Crippen molar-refractivity contribution in [2.75, 3.05) is 13.3 Å². The van der Waals surface area contributed by atoms with Crippen molar-refractivity contribution in [2.24, 2.45) is 0 Å². The number of halogens is 1. The molecule has 3 aromatic carbocycles. The predicted molar refractivity (Wildman–Crippen MR) is 109 cm³/mol. The minimum Gasteiger partial charge on any atom is -1.00 e. The molecule has 0 N–H and O–H groups in total. The molecule has 0 saturated carbocycles. The van der Waals surface area contributed by atoms with Crippen molar-refractivity contribution in [1.82, 2.24) is 0 Å². The Labute approximate surface area is 158 Å². The summed E-state index contributed by atoms with van der Waals surface area (Å²) in [6.07, 6.45) is 0. The monoisotopic (exact) mass is 372 g/mol. The topological polar surface area (TPSA) is 9.23 Å². The van der Waals surface area contributed by atoms with Crippen LogP contribution in [-0.2, 0) is 0 Å². The van der Waals surface area contributed by atoms with Gasteiger partial charge in [0, 0.05) is 0 Å². The second kappa shape index (κ2) is 9.61. The van der Waals surface area contributed by atoms with E-state index in [9.17, 15) is 0 Å². The third-order valence-corrected chi connectivity index (χ3v) is 8.19. The molecule has 0 aliphatic rings. The van der Waals surface area contributed by atoms with Crippen LogP contribution >= 0.6 is 7.26 Å². The lowest BCUT2D eigenvalue weighted by Crippen LogP contribution is -3.00. The van der Waals surface area contributed by atoms with Crippen molar-refractivity contribution in [1.29, 1.82) is 0 Å². The van der Waals surface area contributed by atoms with Gasteiger partial charge < -0.3 is 17.1 Å². The van der Waals surface area contributed by atoms with Gasteiger partial charge in [-0.1, -0.05) is 56.0 Å². The summed E-state index contributed by atoms with van der Waals surface area (Å²) >= 11 is 0. The summed E-state index contributed by atoms with van der Waals surface area (Å²) in [6.45, 7) is 5.10. The number of hydrogen-bond acceptors (Lipinski definition) is 1. The molecule has 0 spiro atoms. The van der Waals surface area contributed by atoms with Gasteiger partial charge in [-0.15, -0.1) is 0 Å². The number of benzene rings is 3. The van der Waals surface area contributed by atoms with Crippen LogP contribution in [0.1, 0.15) is 14.4 Å². The molecule has 0 fully saturated rings. The lowest BCUT2D eigenvalue weighted by molar-refractivity contribution is -0.00000550. The van der Waals surface area contributed by atoms with Gasteiger partial charge in [-0.3, -0.25) is 0 Å². The summed E-state index contributed by atoms with van der Waals surface area (Å²) in [6, 6.07) is 30.1. The highest BCUT2D eigenvalue weighted by molar-refractivity contribution is 7.95. The van der Waals surface area contributed by atoms with Crippen molar-refractivity contribution in [3.8, 4) is 5.75 Å². The Morgan fingerprint density at radius 3 is 1.64 bits per heavy atom. The van der Waals surface area contributed by atoms with Crippen LogP contribution in [0.15, 0.2) is 84.9 Å². The third-order valence-electron chi connectivity index (χ3n) is 4.19. The first kappa shape index (κ1) is 21.2. The molecule has 1 nitrogen and oxygen atoms in total. The maximum atomic E-state index is 5.95. The van der Waals surface area contributed by atoms with Crippen molar-refractivity contribution >= 4 is 23.2 Å². The molecule has 0 heterocycles. The smallest absolute Gasteiger partial charge is 0.162 e. The number of para-hydroxylation sites is 1. The Morgan fingerprint density at radius 1 is 0.720 bits per heavy atom. The molecule has 0 amide bonds. The van der Waals surface area contributed by atoms with Crippen LogP contribution in [0.25, 0.3) is 0 Å². The molecular formula is C22H26ClOP. The van der Waals surface area contributed by atoms with E-state index < -0.39 is 7.26 Å². The Balaban J connectivity index is 0.00000156. The molecule has 0 unspecified atom stereocenters. The summed E-state index contributed by atoms with van der Waals surface area (Å²) in [5.74, 6) is 0.999. The molecule has 0 saturated heterocycles. The predicted octanol–water partition coefficient (Wildman–Crippen LogP) is 1.65. The highest BCUT2D eigenvalue weighted by Gasteiger charge is 2.42. The molecule has 25 heavy (non-hydrogen) atoms. The summed E-state index contributed by atoms with van der Waals surface area (Å²) in [5, 5.41) is 4.05. The molecule has 3 rings (SSSR count). The zero-order valence-electron chi connectivity index (χ0n) is 14.0. The van der Waals surface area contributed by atoms with Crippen LogP contribution in [-0.4, -0.2) is 13.3 Å². The van der Waals surface area contributed by atoms with Crippen LogP contribution in [0.4, 0.5) is 0 Å². The second-order valence-corrected chi connectivity index (χ2v) is 9.11. The lowest BCUT2D eigenvalue weighted by Gasteiger charge is -2.24. The molecule has 0 aromatic heterocycles. The van der Waals surface area contributed by atoms with Crippen molar-refractivity contribution in [2.45, 2.75) is 14.4 Å². The van der Waals surface area contributed by atoms with E-state index in [0.717, 1.165) is 5.75 Å². The van der Waals surface area contributed by atoms with Gasteiger partial charge in [-0.2, -0.15) is 0 Å². The fourth-order valence-corrected chi connectivity index (χ4v) is 6.34. The molecule has 0 aliphatic carbocycles. The van der Waals surface area contributed by atoms with E-state index in [4.69, 9.17) is 4.74 Å². The zero-order valence-corrected chi connectivity index (χ0v) is 15.7. The molecule has 3 heteroatoms. The summed E-state index contributed by atoms with van der Waals surface area (Å²) in [7, 11) is -1.72. The van der Waals surface area contributed by atoms with Crippen LogP contribution in [0.2, 0.25) is 0 Å². The SMILES string of the molecule is C.CCOc1ccccc1[P+](C)(c1ccccc1)c1ccccc1.[Cl-]. The number of hydrogen-bond donors (Lipinski definition) is 0. The minimum absolute atomic E-state index is 0. The molecule has 0 bridgehead atoms. The Bertz CT molecular complexity index is 720. The summed E-state index contributed by atoms with van der Waals surface area (Å²) in [5.41, 5.74) is 0. The molecule has 0 radical (unpaired) electrons. The highest BCUT2D eigenvalue weighted by Crippen LogP contribution is 2.53. The standard InChI is InChI=1S/C21H22OP.CH4.ClH/c1-3-22-20-16-10-11-17-21(20)23(2,18-12-6-4-7-13-18)19-14-8-5-9-15-19;;/h4-17H,3H2,1-2H3;1H4;1H/q+1;;/p-1. The van der Waals surface area contributed by atoms with Gasteiger partial charge in [-0.25, -0.2) is 0 Å². The van der Waals surface area contributed by atoms with Crippen LogP contribution < -0.4 is 33.1 Å². The second-order valence-electron chi connectivity index (χ2n) is 5.58. The van der Waals surface area contributed by atoms with Gasteiger partial charge >= 0.3 is 0 Å². The highest BCUT2D eigenvalue weighted by atomic mass is 35.5. The molecule has 0 atom stereocenters. The van der Waals surface area contributed by atoms with E-state index in [1.54, 1.807) is 0 Å². The van der Waals surface area contributed by atoms with Gasteiger partial charge in [-0.05, 0) is 43.3 Å². The van der Waals surface area contributed by atoms with Gasteiger partial charge in [0.1, 0.15) is 23.2 Å². The lowest BCUT2D eigenvalue weighted by atomic mass is 10.3. The van der Waals surface area contributed by atoms with Gasteiger partial charge in [0.15, 0.2) is 5.75 Å². The van der Waals surface area contributed by atoms with Crippen LogP contribution in [0.5, 0.6) is 5.75 Å². The van der Waals surface area contributed by atoms with Crippen LogP contribution in [0, 0.1) is 0 Å². The van der Waals surface area contributed by atoms with Gasteiger partial charge in [0.25, 0.3) is 0 Å². The van der Waals surface area contributed by atoms with E-state index in [1.807, 2.05) is 6.92 Å². The first-order valence-electron chi connectivity index (χ1n) is 7.97. The third kappa shape index (κ3) is 4.24. The average Bonchev–Trinajstić information content (AvgIpc) is 2.63. The maximum Gasteiger partial charge on any atom is 0.162 e. The Kier molecular flexibility index (Phi) is 8.16. The van der Waals surface area contributed by atoms with E-state index in [1.165, 1.54) is 15.9 Å². The maximum absolute atomic E-state index is 5.95. The fourth-order valence-electron chi connectivity index (χ4n) is 2.98. The fraction of sp³-hybridized carbons (Fsp3) is 0.182. The Morgan fingerprint density at radius 2 is 1.16 bits per heavy atom. The summed E-state index contributed by atoms with van der Waals surface area (Å²) in [4.78, 5) is 0. The number of rotatable bonds is 5. The van der Waals surface area contributed by atoms with Crippen molar-refractivity contribution in [3.05, 3.63) is 84.9 Å². The average molecular weight is 373 g/mol. The molecule has 0 aliphatic heterocycles. The van der Waals surface area contributed by atoms with Crippen molar-refractivity contribution in [3.63, 3.8) is 0 Å². The molecular weight excluding hydrogens is 347 g/mol. The van der Waals surface area contributed by atoms with Gasteiger partial charge in [0.2, 0.25) is 0 Å². The van der Waals surface area contributed by atoms with E-state index in [0.29, 0.717) is 6.61 Å². The first-order valence-corrected chi connectivity index (χ1v) is 10.2. The summed E-state index contributed by atoms with van der Waals surface area (Å²) < 4.78 is 5.95. The number of ether oxygens (including phenoxy) is 1.